The van der Waals surface area contributed by atoms with Crippen LogP contribution in [0.3, 0.4) is 0 Å². The van der Waals surface area contributed by atoms with Gasteiger partial charge in [0.15, 0.2) is 0 Å². The van der Waals surface area contributed by atoms with Gasteiger partial charge in [-0.15, -0.1) is 11.8 Å². The Morgan fingerprint density at radius 3 is 2.61 bits per heavy atom. The van der Waals surface area contributed by atoms with Crippen molar-refractivity contribution in [2.24, 2.45) is 5.92 Å². The molecule has 0 unspecified atom stereocenters. The number of anilines is 1. The lowest BCUT2D eigenvalue weighted by molar-refractivity contribution is -0.123. The minimum absolute atomic E-state index is 0.0805. The summed E-state index contributed by atoms with van der Waals surface area (Å²) in [6.45, 7) is 3.13. The Morgan fingerprint density at radius 2 is 1.87 bits per heavy atom. The predicted molar refractivity (Wildman–Crippen MR) is 122 cm³/mol. The van der Waals surface area contributed by atoms with E-state index in [1.807, 2.05) is 0 Å². The average molecular weight is 466 g/mol. The second-order valence-corrected chi connectivity index (χ2v) is 11.8. The van der Waals surface area contributed by atoms with E-state index in [2.05, 4.69) is 12.2 Å². The number of nitrogens with zero attached hydrogens (tertiary/aromatic N) is 2. The molecule has 1 aromatic carbocycles. The maximum atomic E-state index is 13.1. The van der Waals surface area contributed by atoms with Crippen molar-refractivity contribution in [3.05, 3.63) is 18.2 Å². The lowest BCUT2D eigenvalue weighted by Gasteiger charge is -2.32. The van der Waals surface area contributed by atoms with Gasteiger partial charge in [-0.1, -0.05) is 26.2 Å². The van der Waals surface area contributed by atoms with Gasteiger partial charge in [0.25, 0.3) is 0 Å². The van der Waals surface area contributed by atoms with Gasteiger partial charge >= 0.3 is 0 Å². The minimum atomic E-state index is -3.61. The minimum Gasteiger partial charge on any atom is -0.352 e. The van der Waals surface area contributed by atoms with E-state index in [1.54, 1.807) is 18.2 Å². The summed E-state index contributed by atoms with van der Waals surface area (Å²) in [6, 6.07) is 5.09. The van der Waals surface area contributed by atoms with Crippen molar-refractivity contribution in [1.82, 2.24) is 9.62 Å². The van der Waals surface area contributed by atoms with Gasteiger partial charge in [0.2, 0.25) is 21.8 Å². The Morgan fingerprint density at radius 1 is 1.13 bits per heavy atom. The molecule has 2 aliphatic heterocycles. The molecule has 2 fully saturated rings. The highest BCUT2D eigenvalue weighted by molar-refractivity contribution is 8.00. The maximum Gasteiger partial charge on any atom is 0.243 e. The van der Waals surface area contributed by atoms with E-state index >= 15 is 0 Å². The second kappa shape index (κ2) is 9.50. The number of piperidine rings is 1. The number of sulfonamides is 1. The number of benzene rings is 1. The molecule has 2 heterocycles. The van der Waals surface area contributed by atoms with Crippen molar-refractivity contribution >= 4 is 39.3 Å². The van der Waals surface area contributed by atoms with Gasteiger partial charge in [0, 0.05) is 24.0 Å². The van der Waals surface area contributed by atoms with Gasteiger partial charge in [-0.05, 0) is 49.8 Å². The largest absolute Gasteiger partial charge is 0.352 e. The van der Waals surface area contributed by atoms with Crippen molar-refractivity contribution in [2.75, 3.05) is 30.3 Å². The maximum absolute atomic E-state index is 13.1. The van der Waals surface area contributed by atoms with Gasteiger partial charge < -0.3 is 10.2 Å². The molecule has 170 valence electrons. The van der Waals surface area contributed by atoms with E-state index in [4.69, 9.17) is 0 Å². The van der Waals surface area contributed by atoms with Crippen LogP contribution in [0.15, 0.2) is 28.0 Å². The molecule has 1 saturated carbocycles. The fourth-order valence-corrected chi connectivity index (χ4v) is 7.15. The average Bonchev–Trinajstić information content (AvgIpc) is 2.77. The van der Waals surface area contributed by atoms with Crippen LogP contribution in [0.4, 0.5) is 5.69 Å². The number of carbonyl (C=O) groups is 2. The molecule has 0 radical (unpaired) electrons. The zero-order chi connectivity index (χ0) is 22.0. The van der Waals surface area contributed by atoms with Crippen molar-refractivity contribution in [3.63, 3.8) is 0 Å². The van der Waals surface area contributed by atoms with Crippen LogP contribution in [-0.2, 0) is 19.6 Å². The molecule has 4 rings (SSSR count). The fourth-order valence-electron chi connectivity index (χ4n) is 4.70. The Balaban J connectivity index is 1.54. The number of amides is 2. The summed E-state index contributed by atoms with van der Waals surface area (Å²) >= 11 is 1.39. The van der Waals surface area contributed by atoms with Gasteiger partial charge in [0.1, 0.15) is 6.54 Å². The molecule has 0 aromatic heterocycles. The number of nitrogens with one attached hydrogen (secondary N) is 1. The summed E-state index contributed by atoms with van der Waals surface area (Å²) < 4.78 is 27.8. The van der Waals surface area contributed by atoms with E-state index in [0.717, 1.165) is 43.4 Å². The summed E-state index contributed by atoms with van der Waals surface area (Å²) in [7, 11) is -3.61. The Labute approximate surface area is 189 Å². The van der Waals surface area contributed by atoms with Crippen LogP contribution in [0.1, 0.15) is 51.9 Å². The first kappa shape index (κ1) is 22.6. The normalized spacial score (nSPS) is 25.2. The highest BCUT2D eigenvalue weighted by Crippen LogP contribution is 2.37. The van der Waals surface area contributed by atoms with Crippen LogP contribution >= 0.6 is 11.8 Å². The third-order valence-electron chi connectivity index (χ3n) is 6.59. The van der Waals surface area contributed by atoms with Crippen molar-refractivity contribution < 1.29 is 18.0 Å². The summed E-state index contributed by atoms with van der Waals surface area (Å²) in [5.41, 5.74) is 0.520. The lowest BCUT2D eigenvalue weighted by Crippen LogP contribution is -2.48. The number of thioether (sulfide) groups is 1. The zero-order valence-electron chi connectivity index (χ0n) is 18.0. The van der Waals surface area contributed by atoms with Crippen LogP contribution < -0.4 is 10.2 Å². The fraction of sp³-hybridized carbons (Fsp3) is 0.636. The van der Waals surface area contributed by atoms with E-state index in [1.165, 1.54) is 27.4 Å². The molecule has 1 N–H and O–H groups in total. The molecule has 1 aromatic rings. The Hall–Kier alpha value is -1.58. The highest BCUT2D eigenvalue weighted by Gasteiger charge is 2.32. The van der Waals surface area contributed by atoms with Gasteiger partial charge in [-0.3, -0.25) is 9.59 Å². The third kappa shape index (κ3) is 4.93. The molecule has 31 heavy (non-hydrogen) atoms. The molecule has 2 atom stereocenters. The number of carbonyl (C=O) groups excluding carboxylic acids is 2. The molecule has 1 saturated heterocycles. The summed E-state index contributed by atoms with van der Waals surface area (Å²) in [6.07, 6.45) is 7.14. The molecule has 0 spiro atoms. The Bertz CT molecular complexity index is 944. The van der Waals surface area contributed by atoms with Crippen molar-refractivity contribution in [1.29, 1.82) is 0 Å². The van der Waals surface area contributed by atoms with E-state index in [9.17, 15) is 18.0 Å². The standard InChI is InChI=1S/C22H31N3O4S2/c1-16-7-3-4-8-18(16)23-21(26)14-25-19-13-17(9-10-20(19)30-15-22(25)27)31(28,29)24-11-5-2-6-12-24/h9-10,13,16,18H,2-8,11-12,14-15H2,1H3,(H,23,26)/t16-,18+/m1/s1. The van der Waals surface area contributed by atoms with E-state index < -0.39 is 10.0 Å². The molecular weight excluding hydrogens is 434 g/mol. The summed E-state index contributed by atoms with van der Waals surface area (Å²) in [5, 5.41) is 3.10. The van der Waals surface area contributed by atoms with Crippen molar-refractivity contribution in [2.45, 2.75) is 67.7 Å². The van der Waals surface area contributed by atoms with Crippen LogP contribution in [0.25, 0.3) is 0 Å². The quantitative estimate of drug-likeness (QED) is 0.722. The van der Waals surface area contributed by atoms with E-state index in [0.29, 0.717) is 24.7 Å². The number of rotatable bonds is 5. The monoisotopic (exact) mass is 465 g/mol. The van der Waals surface area contributed by atoms with E-state index in [-0.39, 0.29) is 35.0 Å². The summed E-state index contributed by atoms with van der Waals surface area (Å²) in [5.74, 6) is 0.322. The Kier molecular flexibility index (Phi) is 6.93. The van der Waals surface area contributed by atoms with Crippen LogP contribution in [-0.4, -0.2) is 56.0 Å². The van der Waals surface area contributed by atoms with Gasteiger partial charge in [-0.25, -0.2) is 8.42 Å². The van der Waals surface area contributed by atoms with Crippen molar-refractivity contribution in [3.8, 4) is 0 Å². The van der Waals surface area contributed by atoms with Crippen LogP contribution in [0.2, 0.25) is 0 Å². The number of hydrogen-bond donors (Lipinski definition) is 1. The molecule has 0 bridgehead atoms. The predicted octanol–water partition coefficient (Wildman–Crippen LogP) is 2.99. The molecule has 3 aliphatic rings. The number of hydrogen-bond acceptors (Lipinski definition) is 5. The molecular formula is C22H31N3O4S2. The molecule has 9 heteroatoms. The molecule has 7 nitrogen and oxygen atoms in total. The molecule has 1 aliphatic carbocycles. The second-order valence-electron chi connectivity index (χ2n) is 8.80. The zero-order valence-corrected chi connectivity index (χ0v) is 19.6. The van der Waals surface area contributed by atoms with Crippen LogP contribution in [0, 0.1) is 5.92 Å². The topological polar surface area (TPSA) is 86.8 Å². The number of fused-ring (bicyclic) bond motifs is 1. The van der Waals surface area contributed by atoms with Crippen LogP contribution in [0.5, 0.6) is 0 Å². The first-order valence-corrected chi connectivity index (χ1v) is 13.7. The van der Waals surface area contributed by atoms with Gasteiger partial charge in [-0.2, -0.15) is 4.31 Å². The SMILES string of the molecule is C[C@@H]1CCCC[C@@H]1NC(=O)CN1C(=O)CSc2ccc(S(=O)(=O)N3CCCCC3)cc21. The highest BCUT2D eigenvalue weighted by atomic mass is 32.2. The first-order chi connectivity index (χ1) is 14.9. The third-order valence-corrected chi connectivity index (χ3v) is 9.53. The lowest BCUT2D eigenvalue weighted by atomic mass is 9.86. The summed E-state index contributed by atoms with van der Waals surface area (Å²) in [4.78, 5) is 27.9. The molecule has 2 amide bonds. The smallest absolute Gasteiger partial charge is 0.243 e. The van der Waals surface area contributed by atoms with Gasteiger partial charge in [0.05, 0.1) is 16.3 Å². The first-order valence-electron chi connectivity index (χ1n) is 11.2.